The molecule has 0 aliphatic carbocycles. The van der Waals surface area contributed by atoms with Gasteiger partial charge in [0.1, 0.15) is 5.75 Å². The van der Waals surface area contributed by atoms with Crippen molar-refractivity contribution in [3.8, 4) is 5.75 Å². The number of amides is 1. The second kappa shape index (κ2) is 8.64. The molecule has 156 valence electrons. The Bertz CT molecular complexity index is 850. The summed E-state index contributed by atoms with van der Waals surface area (Å²) in [5.74, 6) is -0.208. The van der Waals surface area contributed by atoms with Crippen molar-refractivity contribution in [1.29, 1.82) is 0 Å². The first-order chi connectivity index (χ1) is 13.7. The van der Waals surface area contributed by atoms with Crippen molar-refractivity contribution in [2.24, 2.45) is 0 Å². The van der Waals surface area contributed by atoms with Crippen LogP contribution in [-0.2, 0) is 0 Å². The standard InChI is InChI=1S/C19H22F3N5O2/c1-3-26-8-10-27(11-9-26)18-23-12-16(13(2)24-18)17(28)25-14-4-6-15(7-5-14)29-19(20,21)22/h4-7,12H,3,8-11H2,1-2H3,(H,25,28). The van der Waals surface area contributed by atoms with E-state index in [-0.39, 0.29) is 5.75 Å². The van der Waals surface area contributed by atoms with Crippen molar-refractivity contribution in [2.45, 2.75) is 20.2 Å². The summed E-state index contributed by atoms with van der Waals surface area (Å²) in [6.07, 6.45) is -3.29. The number of anilines is 2. The predicted octanol–water partition coefficient (Wildman–Crippen LogP) is 3.08. The molecule has 1 amide bonds. The van der Waals surface area contributed by atoms with Crippen molar-refractivity contribution in [3.05, 3.63) is 41.7 Å². The highest BCUT2D eigenvalue weighted by atomic mass is 19.4. The summed E-state index contributed by atoms with van der Waals surface area (Å²) in [6, 6.07) is 4.92. The molecule has 0 unspecified atom stereocenters. The summed E-state index contributed by atoms with van der Waals surface area (Å²) in [5.41, 5.74) is 1.17. The molecule has 0 atom stereocenters. The highest BCUT2D eigenvalue weighted by Gasteiger charge is 2.31. The monoisotopic (exact) mass is 409 g/mol. The van der Waals surface area contributed by atoms with Crippen LogP contribution < -0.4 is 15.0 Å². The molecule has 1 N–H and O–H groups in total. The number of ether oxygens (including phenoxy) is 1. The zero-order valence-corrected chi connectivity index (χ0v) is 16.2. The van der Waals surface area contributed by atoms with Crippen molar-refractivity contribution in [3.63, 3.8) is 0 Å². The fourth-order valence-corrected chi connectivity index (χ4v) is 3.03. The van der Waals surface area contributed by atoms with Crippen LogP contribution in [0.2, 0.25) is 0 Å². The van der Waals surface area contributed by atoms with Crippen molar-refractivity contribution in [2.75, 3.05) is 42.9 Å². The summed E-state index contributed by atoms with van der Waals surface area (Å²) in [6.45, 7) is 8.39. The molecule has 2 heterocycles. The van der Waals surface area contributed by atoms with E-state index in [1.54, 1.807) is 6.92 Å². The largest absolute Gasteiger partial charge is 0.573 e. The maximum absolute atomic E-state index is 12.5. The molecule has 1 fully saturated rings. The number of benzene rings is 1. The number of alkyl halides is 3. The molecule has 1 aromatic heterocycles. The molecule has 1 aromatic carbocycles. The predicted molar refractivity (Wildman–Crippen MR) is 102 cm³/mol. The molecule has 10 heteroatoms. The molecular weight excluding hydrogens is 387 g/mol. The fourth-order valence-electron chi connectivity index (χ4n) is 3.03. The summed E-state index contributed by atoms with van der Waals surface area (Å²) < 4.78 is 40.4. The van der Waals surface area contributed by atoms with Crippen molar-refractivity contribution >= 4 is 17.5 Å². The van der Waals surface area contributed by atoms with Crippen LogP contribution in [0.3, 0.4) is 0 Å². The number of carbonyl (C=O) groups excluding carboxylic acids is 1. The van der Waals surface area contributed by atoms with Gasteiger partial charge in [0.2, 0.25) is 5.95 Å². The molecule has 3 rings (SSSR count). The normalized spacial score (nSPS) is 15.3. The summed E-state index contributed by atoms with van der Waals surface area (Å²) in [7, 11) is 0. The van der Waals surface area contributed by atoms with E-state index in [1.165, 1.54) is 18.3 Å². The molecule has 0 spiro atoms. The number of nitrogens with zero attached hydrogens (tertiary/aromatic N) is 4. The molecule has 2 aromatic rings. The minimum atomic E-state index is -4.76. The molecule has 7 nitrogen and oxygen atoms in total. The number of nitrogens with one attached hydrogen (secondary N) is 1. The van der Waals surface area contributed by atoms with Gasteiger partial charge < -0.3 is 19.9 Å². The van der Waals surface area contributed by atoms with Gasteiger partial charge in [0.15, 0.2) is 0 Å². The average Bonchev–Trinajstić information content (AvgIpc) is 2.68. The van der Waals surface area contributed by atoms with Gasteiger partial charge in [-0.05, 0) is 37.7 Å². The number of hydrogen-bond acceptors (Lipinski definition) is 6. The molecule has 0 radical (unpaired) electrons. The topological polar surface area (TPSA) is 70.6 Å². The van der Waals surface area contributed by atoms with Crippen LogP contribution in [0.1, 0.15) is 23.0 Å². The number of likely N-dealkylation sites (N-methyl/N-ethyl adjacent to an activating group) is 1. The summed E-state index contributed by atoms with van der Waals surface area (Å²) in [4.78, 5) is 25.7. The highest BCUT2D eigenvalue weighted by Crippen LogP contribution is 2.24. The Morgan fingerprint density at radius 3 is 2.38 bits per heavy atom. The van der Waals surface area contributed by atoms with Crippen LogP contribution in [0.15, 0.2) is 30.5 Å². The molecular formula is C19H22F3N5O2. The second-order valence-electron chi connectivity index (χ2n) is 6.62. The number of rotatable bonds is 5. The van der Waals surface area contributed by atoms with E-state index in [9.17, 15) is 18.0 Å². The third-order valence-corrected chi connectivity index (χ3v) is 4.66. The van der Waals surface area contributed by atoms with E-state index in [1.807, 2.05) is 0 Å². The smallest absolute Gasteiger partial charge is 0.406 e. The Morgan fingerprint density at radius 1 is 1.17 bits per heavy atom. The number of carbonyl (C=O) groups is 1. The van der Waals surface area contributed by atoms with E-state index < -0.39 is 12.3 Å². The number of aromatic nitrogens is 2. The van der Waals surface area contributed by atoms with Gasteiger partial charge >= 0.3 is 6.36 Å². The van der Waals surface area contributed by atoms with Gasteiger partial charge in [-0.3, -0.25) is 4.79 Å². The van der Waals surface area contributed by atoms with Gasteiger partial charge in [-0.15, -0.1) is 13.2 Å². The highest BCUT2D eigenvalue weighted by molar-refractivity contribution is 6.04. The zero-order chi connectivity index (χ0) is 21.0. The minimum absolute atomic E-state index is 0.302. The molecule has 1 saturated heterocycles. The van der Waals surface area contributed by atoms with Crippen LogP contribution in [-0.4, -0.2) is 59.9 Å². The number of piperazine rings is 1. The van der Waals surface area contributed by atoms with E-state index in [0.717, 1.165) is 44.9 Å². The van der Waals surface area contributed by atoms with Crippen LogP contribution in [0, 0.1) is 6.92 Å². The van der Waals surface area contributed by atoms with Gasteiger partial charge in [-0.2, -0.15) is 0 Å². The van der Waals surface area contributed by atoms with Crippen LogP contribution in [0.4, 0.5) is 24.8 Å². The fraction of sp³-hybridized carbons (Fsp3) is 0.421. The van der Waals surface area contributed by atoms with Crippen molar-refractivity contribution < 1.29 is 22.7 Å². The third-order valence-electron chi connectivity index (χ3n) is 4.66. The summed E-state index contributed by atoms with van der Waals surface area (Å²) in [5, 5.41) is 2.63. The van der Waals surface area contributed by atoms with Gasteiger partial charge in [0.05, 0.1) is 11.3 Å². The van der Waals surface area contributed by atoms with E-state index in [4.69, 9.17) is 0 Å². The molecule has 0 saturated carbocycles. The molecule has 29 heavy (non-hydrogen) atoms. The lowest BCUT2D eigenvalue weighted by molar-refractivity contribution is -0.274. The quantitative estimate of drug-likeness (QED) is 0.819. The van der Waals surface area contributed by atoms with E-state index in [2.05, 4.69) is 36.7 Å². The zero-order valence-electron chi connectivity index (χ0n) is 16.2. The SMILES string of the molecule is CCN1CCN(c2ncc(C(=O)Nc3ccc(OC(F)(F)F)cc3)c(C)n2)CC1. The lowest BCUT2D eigenvalue weighted by atomic mass is 10.2. The van der Waals surface area contributed by atoms with Crippen LogP contribution in [0.25, 0.3) is 0 Å². The lowest BCUT2D eigenvalue weighted by Crippen LogP contribution is -2.46. The van der Waals surface area contributed by atoms with E-state index >= 15 is 0 Å². The number of halogens is 3. The third kappa shape index (κ3) is 5.57. The molecule has 0 bridgehead atoms. The Kier molecular flexibility index (Phi) is 6.21. The average molecular weight is 409 g/mol. The molecule has 1 aliphatic rings. The van der Waals surface area contributed by atoms with Gasteiger partial charge in [0, 0.05) is 38.1 Å². The van der Waals surface area contributed by atoms with Gasteiger partial charge in [-0.1, -0.05) is 6.92 Å². The Labute approximate surface area is 166 Å². The Morgan fingerprint density at radius 2 is 1.83 bits per heavy atom. The summed E-state index contributed by atoms with van der Waals surface area (Å²) >= 11 is 0. The van der Waals surface area contributed by atoms with Crippen LogP contribution in [0.5, 0.6) is 5.75 Å². The minimum Gasteiger partial charge on any atom is -0.406 e. The van der Waals surface area contributed by atoms with Crippen molar-refractivity contribution in [1.82, 2.24) is 14.9 Å². The Hall–Kier alpha value is -2.88. The first-order valence-electron chi connectivity index (χ1n) is 9.23. The van der Waals surface area contributed by atoms with Gasteiger partial charge in [0.25, 0.3) is 5.91 Å². The maximum Gasteiger partial charge on any atom is 0.573 e. The molecule has 1 aliphatic heterocycles. The van der Waals surface area contributed by atoms with Gasteiger partial charge in [-0.25, -0.2) is 9.97 Å². The first-order valence-corrected chi connectivity index (χ1v) is 9.23. The second-order valence-corrected chi connectivity index (χ2v) is 6.62. The van der Waals surface area contributed by atoms with E-state index in [0.29, 0.717) is 22.9 Å². The number of aryl methyl sites for hydroxylation is 1. The maximum atomic E-state index is 12.5. The lowest BCUT2D eigenvalue weighted by Gasteiger charge is -2.34. The first kappa shape index (κ1) is 20.8. The number of hydrogen-bond donors (Lipinski definition) is 1. The Balaban J connectivity index is 1.64. The van der Waals surface area contributed by atoms with Crippen LogP contribution >= 0.6 is 0 Å².